The number of rotatable bonds is 10. The van der Waals surface area contributed by atoms with Gasteiger partial charge in [-0.05, 0) is 29.8 Å². The predicted octanol–water partition coefficient (Wildman–Crippen LogP) is -4.44. The van der Waals surface area contributed by atoms with Crippen molar-refractivity contribution in [3.05, 3.63) is 42.2 Å². The first-order valence-corrected chi connectivity index (χ1v) is 15.2. The molecule has 4 fully saturated rings. The summed E-state index contributed by atoms with van der Waals surface area (Å²) in [4.78, 5) is 12.9. The summed E-state index contributed by atoms with van der Waals surface area (Å²) in [6.07, 6.45) is -12.9. The summed E-state index contributed by atoms with van der Waals surface area (Å²) in [7, 11) is 0. The maximum atomic E-state index is 12.9. The van der Waals surface area contributed by atoms with Gasteiger partial charge in [-0.1, -0.05) is 6.07 Å². The Kier molecular flexibility index (Phi) is 10.00. The van der Waals surface area contributed by atoms with Crippen LogP contribution in [0.2, 0.25) is 0 Å². The average Bonchev–Trinajstić information content (AvgIpc) is 3.76. The van der Waals surface area contributed by atoms with E-state index in [0.717, 1.165) is 6.08 Å². The number of fused-ring (bicyclic) bond motifs is 3. The molecule has 10 N–H and O–H groups in total. The molecular weight excluding hydrogens is 648 g/mol. The second-order valence-electron chi connectivity index (χ2n) is 12.2. The Morgan fingerprint density at radius 2 is 1.50 bits per heavy atom. The standard InChI is InChI=1S/C30H38O18/c31-8-15-19(36)21(38)23(40)28(44-15)43-14-3-1-11(7-13(14)34)2-4-17(35)46-25-12-5-6-42-27(18(12)30(10-33)26(25)48-30)47-29-24(41)22(39)20(37)16(9-32)45-29/h1-7,12,15-16,18-29,31-34,36-41H,8-10H2/b4-2+/t12-,15-,16-,18-,19-,20-,21+,22+,23-,24-,25+,26+,27+,28-,29+,30-/m1/s1. The number of phenolic OH excluding ortho intramolecular Hbond substituents is 1. The Morgan fingerprint density at radius 1 is 0.854 bits per heavy atom. The van der Waals surface area contributed by atoms with Gasteiger partial charge < -0.3 is 84.2 Å². The van der Waals surface area contributed by atoms with Crippen LogP contribution in [0, 0.1) is 11.8 Å². The fraction of sp³-hybridized carbons (Fsp3) is 0.633. The first kappa shape index (κ1) is 34.9. The number of hydrogen-bond acceptors (Lipinski definition) is 18. The number of hydrogen-bond donors (Lipinski definition) is 10. The van der Waals surface area contributed by atoms with Crippen LogP contribution in [0.3, 0.4) is 0 Å². The number of aromatic hydroxyl groups is 1. The Balaban J connectivity index is 1.09. The summed E-state index contributed by atoms with van der Waals surface area (Å²) in [5.74, 6) is -2.72. The number of ether oxygens (including phenoxy) is 7. The molecule has 18 heteroatoms. The van der Waals surface area contributed by atoms with Crippen LogP contribution < -0.4 is 4.74 Å². The van der Waals surface area contributed by atoms with Crippen LogP contribution in [0.5, 0.6) is 11.5 Å². The highest BCUT2D eigenvalue weighted by Crippen LogP contribution is 2.60. The van der Waals surface area contributed by atoms with Crippen LogP contribution in [0.4, 0.5) is 0 Å². The smallest absolute Gasteiger partial charge is 0.331 e. The zero-order valence-electron chi connectivity index (χ0n) is 25.1. The number of epoxide rings is 1. The van der Waals surface area contributed by atoms with Crippen molar-refractivity contribution >= 4 is 12.0 Å². The third-order valence-electron chi connectivity index (χ3n) is 9.34. The van der Waals surface area contributed by atoms with E-state index in [1.54, 1.807) is 6.08 Å². The molecule has 0 spiro atoms. The number of carbonyl (C=O) groups is 1. The van der Waals surface area contributed by atoms with Gasteiger partial charge >= 0.3 is 5.97 Å². The molecule has 6 rings (SSSR count). The van der Waals surface area contributed by atoms with Crippen molar-refractivity contribution in [2.75, 3.05) is 19.8 Å². The first-order valence-electron chi connectivity index (χ1n) is 15.2. The van der Waals surface area contributed by atoms with Crippen LogP contribution in [-0.2, 0) is 33.2 Å². The van der Waals surface area contributed by atoms with Crippen LogP contribution in [0.1, 0.15) is 5.56 Å². The number of phenols is 1. The molecule has 1 aromatic carbocycles. The zero-order valence-corrected chi connectivity index (χ0v) is 25.1. The van der Waals surface area contributed by atoms with E-state index in [9.17, 15) is 55.9 Å². The highest BCUT2D eigenvalue weighted by atomic mass is 16.8. The molecule has 18 nitrogen and oxygen atoms in total. The number of aliphatic hydroxyl groups excluding tert-OH is 9. The summed E-state index contributed by atoms with van der Waals surface area (Å²) in [5, 5.41) is 100. The van der Waals surface area contributed by atoms with Gasteiger partial charge in [-0.25, -0.2) is 4.79 Å². The predicted molar refractivity (Wildman–Crippen MR) is 152 cm³/mol. The average molecular weight is 687 g/mol. The van der Waals surface area contributed by atoms with Crippen molar-refractivity contribution < 1.29 is 89.0 Å². The molecule has 48 heavy (non-hydrogen) atoms. The Morgan fingerprint density at radius 3 is 2.12 bits per heavy atom. The topological polar surface area (TPSA) is 287 Å². The Hall–Kier alpha value is -2.95. The monoisotopic (exact) mass is 686 g/mol. The largest absolute Gasteiger partial charge is 0.504 e. The molecule has 5 aliphatic rings. The number of aliphatic hydroxyl groups is 9. The molecule has 266 valence electrons. The van der Waals surface area contributed by atoms with E-state index in [-0.39, 0.29) is 5.75 Å². The van der Waals surface area contributed by atoms with E-state index >= 15 is 0 Å². The molecule has 0 unspecified atom stereocenters. The summed E-state index contributed by atoms with van der Waals surface area (Å²) >= 11 is 0. The van der Waals surface area contributed by atoms with Crippen LogP contribution in [0.15, 0.2) is 36.6 Å². The minimum absolute atomic E-state index is 0.158. The summed E-state index contributed by atoms with van der Waals surface area (Å²) < 4.78 is 39.1. The molecule has 4 heterocycles. The summed E-state index contributed by atoms with van der Waals surface area (Å²) in [6.45, 7) is -1.82. The normalized spacial score (nSPS) is 44.9. The Labute approximate surface area is 272 Å². The van der Waals surface area contributed by atoms with E-state index in [1.807, 2.05) is 0 Å². The van der Waals surface area contributed by atoms with E-state index in [1.165, 1.54) is 30.5 Å². The van der Waals surface area contributed by atoms with Crippen molar-refractivity contribution in [2.24, 2.45) is 11.8 Å². The lowest BCUT2D eigenvalue weighted by molar-refractivity contribution is -0.344. The van der Waals surface area contributed by atoms with Gasteiger partial charge in [-0.15, -0.1) is 0 Å². The fourth-order valence-corrected chi connectivity index (χ4v) is 6.65. The highest BCUT2D eigenvalue weighted by molar-refractivity contribution is 5.87. The molecule has 0 aromatic heterocycles. The second-order valence-corrected chi connectivity index (χ2v) is 12.2. The maximum absolute atomic E-state index is 12.9. The van der Waals surface area contributed by atoms with Gasteiger partial charge in [0, 0.05) is 12.0 Å². The van der Waals surface area contributed by atoms with Crippen LogP contribution in [-0.4, -0.2) is 162 Å². The molecular formula is C30H38O18. The third kappa shape index (κ3) is 6.17. The molecule has 1 aromatic rings. The molecule has 4 aliphatic heterocycles. The third-order valence-corrected chi connectivity index (χ3v) is 9.34. The maximum Gasteiger partial charge on any atom is 0.331 e. The van der Waals surface area contributed by atoms with Gasteiger partial charge in [-0.3, -0.25) is 0 Å². The molecule has 0 radical (unpaired) electrons. The quantitative estimate of drug-likeness (QED) is 0.0631. The van der Waals surface area contributed by atoms with Crippen molar-refractivity contribution in [1.29, 1.82) is 0 Å². The highest BCUT2D eigenvalue weighted by Gasteiger charge is 2.77. The fourth-order valence-electron chi connectivity index (χ4n) is 6.65. The van der Waals surface area contributed by atoms with Crippen LogP contribution in [0.25, 0.3) is 6.08 Å². The van der Waals surface area contributed by atoms with Gasteiger partial charge in [0.1, 0.15) is 66.6 Å². The van der Waals surface area contributed by atoms with Crippen molar-refractivity contribution in [2.45, 2.75) is 85.5 Å². The molecule has 3 saturated heterocycles. The summed E-state index contributed by atoms with van der Waals surface area (Å²) in [5.41, 5.74) is -0.896. The minimum Gasteiger partial charge on any atom is -0.504 e. The van der Waals surface area contributed by atoms with E-state index in [0.29, 0.717) is 5.56 Å². The summed E-state index contributed by atoms with van der Waals surface area (Å²) in [6, 6.07) is 3.99. The lowest BCUT2D eigenvalue weighted by Gasteiger charge is -2.43. The lowest BCUT2D eigenvalue weighted by atomic mass is 9.85. The van der Waals surface area contributed by atoms with Gasteiger partial charge in [0.05, 0.1) is 32.0 Å². The van der Waals surface area contributed by atoms with E-state index < -0.39 is 129 Å². The minimum atomic E-state index is -1.70. The van der Waals surface area contributed by atoms with Gasteiger partial charge in [0.2, 0.25) is 12.6 Å². The number of esters is 1. The van der Waals surface area contributed by atoms with Crippen molar-refractivity contribution in [3.63, 3.8) is 0 Å². The van der Waals surface area contributed by atoms with Crippen molar-refractivity contribution in [1.82, 2.24) is 0 Å². The van der Waals surface area contributed by atoms with Gasteiger partial charge in [-0.2, -0.15) is 0 Å². The van der Waals surface area contributed by atoms with Gasteiger partial charge in [0.15, 0.2) is 17.8 Å². The number of benzene rings is 1. The SMILES string of the molecule is O=C(/C=C/c1ccc(O[C@@H]2O[C@H](CO)[C@@H](O)[C@H](O)[C@H]2O)c(O)c1)O[C@H]1[C@@H]2C=CO[C@@H](O[C@@H]3O[C@H](CO)[C@@H](O)[C@H](O)[C@H]3O)[C@@H]2[C@@]2(CO)O[C@@H]12. The second kappa shape index (κ2) is 13.8. The van der Waals surface area contributed by atoms with Crippen LogP contribution >= 0.6 is 0 Å². The van der Waals surface area contributed by atoms with E-state index in [2.05, 4.69) is 0 Å². The van der Waals surface area contributed by atoms with E-state index in [4.69, 9.17) is 33.2 Å². The lowest BCUT2D eigenvalue weighted by Crippen LogP contribution is -2.60. The first-order chi connectivity index (χ1) is 22.9. The Bertz CT molecular complexity index is 1370. The molecule has 1 saturated carbocycles. The molecule has 0 amide bonds. The molecule has 1 aliphatic carbocycles. The van der Waals surface area contributed by atoms with Crippen molar-refractivity contribution in [3.8, 4) is 11.5 Å². The van der Waals surface area contributed by atoms with Gasteiger partial charge in [0.25, 0.3) is 0 Å². The molecule has 0 bridgehead atoms. The molecule has 16 atom stereocenters. The number of carbonyl (C=O) groups excluding carboxylic acids is 1. The zero-order chi connectivity index (χ0) is 34.5.